The number of aryl methyl sites for hydroxylation is 1. The quantitative estimate of drug-likeness (QED) is 0.238. The normalized spacial score (nSPS) is 15.7. The van der Waals surface area contributed by atoms with Crippen LogP contribution in [-0.4, -0.2) is 18.2 Å². The summed E-state index contributed by atoms with van der Waals surface area (Å²) in [6, 6.07) is 19.7. The van der Waals surface area contributed by atoms with Gasteiger partial charge in [-0.05, 0) is 94.9 Å². The third-order valence-electron chi connectivity index (χ3n) is 4.76. The maximum atomic E-state index is 12.5. The van der Waals surface area contributed by atoms with E-state index >= 15 is 0 Å². The van der Waals surface area contributed by atoms with Crippen molar-refractivity contribution >= 4 is 73.1 Å². The molecule has 1 saturated heterocycles. The molecule has 1 amide bonds. The summed E-state index contributed by atoms with van der Waals surface area (Å²) in [5, 5.41) is 3.39. The van der Waals surface area contributed by atoms with Crippen molar-refractivity contribution in [3.05, 3.63) is 90.3 Å². The molecule has 0 saturated carbocycles. The molecule has 0 aromatic heterocycles. The van der Waals surface area contributed by atoms with Gasteiger partial charge in [0.25, 0.3) is 5.91 Å². The summed E-state index contributed by atoms with van der Waals surface area (Å²) >= 11 is 6.98. The van der Waals surface area contributed by atoms with Crippen LogP contribution in [0.25, 0.3) is 6.08 Å². The molecule has 33 heavy (non-hydrogen) atoms. The van der Waals surface area contributed by atoms with E-state index in [2.05, 4.69) is 48.8 Å². The van der Waals surface area contributed by atoms with E-state index in [0.29, 0.717) is 28.2 Å². The number of benzene rings is 3. The number of halogens is 2. The van der Waals surface area contributed by atoms with Crippen LogP contribution in [0.2, 0.25) is 0 Å². The van der Waals surface area contributed by atoms with Crippen LogP contribution < -0.4 is 14.8 Å². The maximum Gasteiger partial charge on any atom is 0.264 e. The Kier molecular flexibility index (Phi) is 7.77. The minimum atomic E-state index is -0.171. The van der Waals surface area contributed by atoms with Crippen molar-refractivity contribution in [2.24, 2.45) is 4.99 Å². The molecule has 168 valence electrons. The standard InChI is InChI=1S/C25H20BrIN2O3S/c1-15-3-9-19(10-4-15)28-25-29-24(30)22(33-25)13-17-11-20(27)23(21(12-17)31-2)32-14-16-5-7-18(26)8-6-16/h3-13H,14H2,1-2H3,(H,28,29,30)/b22-13+. The smallest absolute Gasteiger partial charge is 0.264 e. The predicted octanol–water partition coefficient (Wildman–Crippen LogP) is 6.84. The zero-order valence-corrected chi connectivity index (χ0v) is 22.5. The topological polar surface area (TPSA) is 59.9 Å². The van der Waals surface area contributed by atoms with Gasteiger partial charge in [0.15, 0.2) is 16.7 Å². The highest BCUT2D eigenvalue weighted by Gasteiger charge is 2.24. The number of hydrogen-bond acceptors (Lipinski definition) is 5. The van der Waals surface area contributed by atoms with Gasteiger partial charge in [-0.3, -0.25) is 4.79 Å². The van der Waals surface area contributed by atoms with Crippen molar-refractivity contribution in [3.8, 4) is 11.5 Å². The summed E-state index contributed by atoms with van der Waals surface area (Å²) in [6.45, 7) is 2.45. The van der Waals surface area contributed by atoms with Gasteiger partial charge in [-0.15, -0.1) is 0 Å². The second-order valence-corrected chi connectivity index (χ2v) is 10.4. The van der Waals surface area contributed by atoms with Crippen molar-refractivity contribution in [1.82, 2.24) is 5.32 Å². The summed E-state index contributed by atoms with van der Waals surface area (Å²) in [6.07, 6.45) is 1.83. The number of nitrogens with one attached hydrogen (secondary N) is 1. The number of rotatable bonds is 6. The van der Waals surface area contributed by atoms with Crippen molar-refractivity contribution in [1.29, 1.82) is 0 Å². The number of ether oxygens (including phenoxy) is 2. The van der Waals surface area contributed by atoms with Gasteiger partial charge in [0.2, 0.25) is 0 Å². The van der Waals surface area contributed by atoms with Crippen molar-refractivity contribution < 1.29 is 14.3 Å². The Bertz CT molecular complexity index is 1240. The number of thioether (sulfide) groups is 1. The van der Waals surface area contributed by atoms with Crippen LogP contribution in [-0.2, 0) is 11.4 Å². The molecule has 0 aliphatic carbocycles. The zero-order chi connectivity index (χ0) is 23.4. The van der Waals surface area contributed by atoms with E-state index in [1.165, 1.54) is 11.8 Å². The van der Waals surface area contributed by atoms with E-state index in [-0.39, 0.29) is 5.91 Å². The fraction of sp³-hybridized carbons (Fsp3) is 0.120. The Morgan fingerprint density at radius 1 is 1.12 bits per heavy atom. The molecule has 1 aliphatic rings. The van der Waals surface area contributed by atoms with Gasteiger partial charge in [0, 0.05) is 4.47 Å². The second-order valence-electron chi connectivity index (χ2n) is 7.27. The minimum Gasteiger partial charge on any atom is -0.493 e. The lowest BCUT2D eigenvalue weighted by Gasteiger charge is -2.14. The third kappa shape index (κ3) is 6.18. The molecule has 8 heteroatoms. The highest BCUT2D eigenvalue weighted by Crippen LogP contribution is 2.36. The van der Waals surface area contributed by atoms with Gasteiger partial charge in [0.05, 0.1) is 21.3 Å². The average molecular weight is 635 g/mol. The number of amidine groups is 1. The first-order chi connectivity index (χ1) is 15.9. The molecule has 1 N–H and O–H groups in total. The van der Waals surface area contributed by atoms with E-state index in [9.17, 15) is 4.79 Å². The molecule has 0 radical (unpaired) electrons. The first-order valence-corrected chi connectivity index (χ1v) is 12.7. The Morgan fingerprint density at radius 2 is 1.85 bits per heavy atom. The first-order valence-electron chi connectivity index (χ1n) is 10.0. The minimum absolute atomic E-state index is 0.171. The first kappa shape index (κ1) is 23.8. The van der Waals surface area contributed by atoms with Crippen molar-refractivity contribution in [2.45, 2.75) is 13.5 Å². The number of aliphatic imine (C=N–C) groups is 1. The zero-order valence-electron chi connectivity index (χ0n) is 17.9. The number of carbonyl (C=O) groups excluding carboxylic acids is 1. The number of carbonyl (C=O) groups is 1. The summed E-state index contributed by atoms with van der Waals surface area (Å²) in [4.78, 5) is 17.6. The van der Waals surface area contributed by atoms with Crippen LogP contribution in [0.1, 0.15) is 16.7 Å². The SMILES string of the molecule is COc1cc(/C=C2/SC(=Nc3ccc(C)cc3)NC2=O)cc(I)c1OCc1ccc(Br)cc1. The molecule has 1 heterocycles. The van der Waals surface area contributed by atoms with Crippen LogP contribution in [0.15, 0.2) is 75.0 Å². The van der Waals surface area contributed by atoms with Gasteiger partial charge in [-0.25, -0.2) is 4.99 Å². The van der Waals surface area contributed by atoms with Gasteiger partial charge in [-0.2, -0.15) is 0 Å². The summed E-state index contributed by atoms with van der Waals surface area (Å²) in [5.41, 5.74) is 3.87. The van der Waals surface area contributed by atoms with Crippen LogP contribution >= 0.6 is 50.3 Å². The fourth-order valence-corrected chi connectivity index (χ4v) is 4.96. The fourth-order valence-electron chi connectivity index (χ4n) is 3.07. The van der Waals surface area contributed by atoms with Crippen LogP contribution in [0.5, 0.6) is 11.5 Å². The Labute approximate surface area is 218 Å². The molecule has 0 spiro atoms. The van der Waals surface area contributed by atoms with Crippen LogP contribution in [0.4, 0.5) is 5.69 Å². The largest absolute Gasteiger partial charge is 0.493 e. The number of methoxy groups -OCH3 is 1. The van der Waals surface area contributed by atoms with Crippen molar-refractivity contribution in [3.63, 3.8) is 0 Å². The van der Waals surface area contributed by atoms with E-state index in [4.69, 9.17) is 9.47 Å². The molecule has 3 aromatic rings. The molecule has 3 aromatic carbocycles. The molecular weight excluding hydrogens is 615 g/mol. The van der Waals surface area contributed by atoms with Gasteiger partial charge >= 0.3 is 0 Å². The maximum absolute atomic E-state index is 12.5. The number of hydrogen-bond donors (Lipinski definition) is 1. The molecule has 1 fully saturated rings. The van der Waals surface area contributed by atoms with Gasteiger partial charge in [0.1, 0.15) is 6.61 Å². The molecule has 0 atom stereocenters. The van der Waals surface area contributed by atoms with Crippen LogP contribution in [0.3, 0.4) is 0 Å². The highest BCUT2D eigenvalue weighted by molar-refractivity contribution is 14.1. The van der Waals surface area contributed by atoms with E-state index < -0.39 is 0 Å². The summed E-state index contributed by atoms with van der Waals surface area (Å²) < 4.78 is 13.5. The second kappa shape index (κ2) is 10.8. The predicted molar refractivity (Wildman–Crippen MR) is 146 cm³/mol. The third-order valence-corrected chi connectivity index (χ3v) is 7.00. The molecule has 0 bridgehead atoms. The highest BCUT2D eigenvalue weighted by atomic mass is 127. The Hall–Kier alpha value is -2.30. The lowest BCUT2D eigenvalue weighted by Crippen LogP contribution is -2.19. The molecular formula is C25H20BrIN2O3S. The molecule has 5 nitrogen and oxygen atoms in total. The summed E-state index contributed by atoms with van der Waals surface area (Å²) in [5.74, 6) is 1.12. The van der Waals surface area contributed by atoms with Gasteiger partial charge < -0.3 is 14.8 Å². The number of nitrogens with zero attached hydrogens (tertiary/aromatic N) is 1. The van der Waals surface area contributed by atoms with Crippen molar-refractivity contribution in [2.75, 3.05) is 7.11 Å². The van der Waals surface area contributed by atoms with Crippen LogP contribution in [0, 0.1) is 10.5 Å². The van der Waals surface area contributed by atoms with E-state index in [1.807, 2.05) is 73.7 Å². The summed E-state index contributed by atoms with van der Waals surface area (Å²) in [7, 11) is 1.61. The average Bonchev–Trinajstić information content (AvgIpc) is 3.13. The Balaban J connectivity index is 1.52. The van der Waals surface area contributed by atoms with Gasteiger partial charge in [-0.1, -0.05) is 45.8 Å². The number of amides is 1. The van der Waals surface area contributed by atoms with E-state index in [1.54, 1.807) is 7.11 Å². The Morgan fingerprint density at radius 3 is 2.55 bits per heavy atom. The molecule has 1 aliphatic heterocycles. The molecule has 4 rings (SSSR count). The molecule has 0 unspecified atom stereocenters. The van der Waals surface area contributed by atoms with E-state index in [0.717, 1.165) is 30.4 Å². The monoisotopic (exact) mass is 634 g/mol. The lowest BCUT2D eigenvalue weighted by molar-refractivity contribution is -0.115. The lowest BCUT2D eigenvalue weighted by atomic mass is 10.2.